The quantitative estimate of drug-likeness (QED) is 0.474. The maximum absolute atomic E-state index is 14.0. The lowest BCUT2D eigenvalue weighted by molar-refractivity contribution is -0.146. The van der Waals surface area contributed by atoms with Crippen LogP contribution in [0, 0.1) is 0 Å². The number of alkyl halides is 1. The average Bonchev–Trinajstić information content (AvgIpc) is 3.16. The standard InChI is InChI=1S/C21H20FN5O3S/c22-21(9-29-10-21)11-30-15-5-3-14(4-6-15)27-8-16(24-25-27)19(28)18-20(13-1-2-13)31-17-7-23-12-26(17)18/h3-8,12-13,19,28H,1-2,9-11H2/t19-/m0/s1. The van der Waals surface area contributed by atoms with Gasteiger partial charge in [-0.3, -0.25) is 4.40 Å². The molecule has 1 saturated carbocycles. The Morgan fingerprint density at radius 3 is 2.81 bits per heavy atom. The number of rotatable bonds is 7. The Bertz CT molecular complexity index is 1230. The molecule has 1 aromatic carbocycles. The average molecular weight is 441 g/mol. The summed E-state index contributed by atoms with van der Waals surface area (Å²) in [5.74, 6) is 1.08. The number of hydrogen-bond donors (Lipinski definition) is 1. The van der Waals surface area contributed by atoms with Gasteiger partial charge in [-0.2, -0.15) is 0 Å². The van der Waals surface area contributed by atoms with Crippen molar-refractivity contribution in [2.24, 2.45) is 0 Å². The third-order valence-electron chi connectivity index (χ3n) is 5.65. The first kappa shape index (κ1) is 18.9. The highest BCUT2D eigenvalue weighted by Crippen LogP contribution is 2.47. The summed E-state index contributed by atoms with van der Waals surface area (Å²) in [6.45, 7) is 0.124. The first-order valence-corrected chi connectivity index (χ1v) is 11.0. The normalized spacial score (nSPS) is 18.8. The fraction of sp³-hybridized carbons (Fsp3) is 0.381. The van der Waals surface area contributed by atoms with Gasteiger partial charge in [-0.05, 0) is 43.0 Å². The molecule has 1 aliphatic carbocycles. The number of nitrogens with zero attached hydrogens (tertiary/aromatic N) is 5. The van der Waals surface area contributed by atoms with Gasteiger partial charge in [-0.1, -0.05) is 5.21 Å². The lowest BCUT2D eigenvalue weighted by atomic mass is 10.1. The zero-order valence-corrected chi connectivity index (χ0v) is 17.3. The third-order valence-corrected chi connectivity index (χ3v) is 6.92. The Balaban J connectivity index is 1.22. The molecule has 2 aliphatic rings. The van der Waals surface area contributed by atoms with Crippen LogP contribution in [0.1, 0.15) is 41.1 Å². The van der Waals surface area contributed by atoms with Crippen LogP contribution in [0.3, 0.4) is 0 Å². The number of benzene rings is 1. The first-order valence-electron chi connectivity index (χ1n) is 10.1. The van der Waals surface area contributed by atoms with Crippen LogP contribution < -0.4 is 4.74 Å². The molecule has 1 saturated heterocycles. The van der Waals surface area contributed by atoms with Crippen molar-refractivity contribution in [1.82, 2.24) is 24.4 Å². The van der Waals surface area contributed by atoms with Crippen LogP contribution >= 0.6 is 11.3 Å². The van der Waals surface area contributed by atoms with Gasteiger partial charge in [0.2, 0.25) is 0 Å². The molecule has 1 N–H and O–H groups in total. The molecule has 1 aliphatic heterocycles. The molecular formula is C21H20FN5O3S. The van der Waals surface area contributed by atoms with Crippen molar-refractivity contribution in [3.8, 4) is 11.4 Å². The monoisotopic (exact) mass is 441 g/mol. The van der Waals surface area contributed by atoms with Crippen LogP contribution in [0.5, 0.6) is 5.75 Å². The van der Waals surface area contributed by atoms with Crippen molar-refractivity contribution in [3.05, 3.63) is 59.3 Å². The van der Waals surface area contributed by atoms with E-state index >= 15 is 0 Å². The molecule has 4 aromatic rings. The van der Waals surface area contributed by atoms with E-state index < -0.39 is 11.8 Å². The van der Waals surface area contributed by atoms with E-state index in [-0.39, 0.29) is 19.8 Å². The maximum atomic E-state index is 14.0. The van der Waals surface area contributed by atoms with E-state index in [9.17, 15) is 9.50 Å². The number of fused-ring (bicyclic) bond motifs is 1. The molecule has 0 amide bonds. The van der Waals surface area contributed by atoms with Crippen LogP contribution in [0.4, 0.5) is 4.39 Å². The van der Waals surface area contributed by atoms with Gasteiger partial charge in [0.25, 0.3) is 0 Å². The van der Waals surface area contributed by atoms with Crippen molar-refractivity contribution in [1.29, 1.82) is 0 Å². The van der Waals surface area contributed by atoms with Gasteiger partial charge < -0.3 is 14.6 Å². The van der Waals surface area contributed by atoms with E-state index in [1.54, 1.807) is 40.7 Å². The molecule has 1 atom stereocenters. The van der Waals surface area contributed by atoms with E-state index in [2.05, 4.69) is 15.3 Å². The van der Waals surface area contributed by atoms with Crippen LogP contribution in [-0.2, 0) is 4.74 Å². The van der Waals surface area contributed by atoms with Crippen LogP contribution in [0.15, 0.2) is 43.0 Å². The second-order valence-corrected chi connectivity index (χ2v) is 9.21. The molecule has 0 unspecified atom stereocenters. The highest BCUT2D eigenvalue weighted by molar-refractivity contribution is 7.17. The van der Waals surface area contributed by atoms with Gasteiger partial charge in [0, 0.05) is 4.88 Å². The van der Waals surface area contributed by atoms with Gasteiger partial charge in [-0.15, -0.1) is 16.4 Å². The summed E-state index contributed by atoms with van der Waals surface area (Å²) in [6, 6.07) is 7.15. The van der Waals surface area contributed by atoms with Crippen molar-refractivity contribution >= 4 is 16.2 Å². The predicted octanol–water partition coefficient (Wildman–Crippen LogP) is 3.05. The Morgan fingerprint density at radius 1 is 1.29 bits per heavy atom. The zero-order valence-electron chi connectivity index (χ0n) is 16.5. The molecule has 4 heterocycles. The first-order chi connectivity index (χ1) is 15.1. The summed E-state index contributed by atoms with van der Waals surface area (Å²) in [4.78, 5) is 6.41. The fourth-order valence-corrected chi connectivity index (χ4v) is 5.01. The number of imidazole rings is 1. The van der Waals surface area contributed by atoms with Crippen molar-refractivity contribution < 1.29 is 19.0 Å². The smallest absolute Gasteiger partial charge is 0.190 e. The van der Waals surface area contributed by atoms with Gasteiger partial charge in [0.1, 0.15) is 35.3 Å². The number of aromatic nitrogens is 5. The van der Waals surface area contributed by atoms with Gasteiger partial charge in [0.15, 0.2) is 5.67 Å². The van der Waals surface area contributed by atoms with E-state index in [1.807, 2.05) is 22.7 Å². The summed E-state index contributed by atoms with van der Waals surface area (Å²) in [7, 11) is 0. The number of hydrogen-bond acceptors (Lipinski definition) is 7. The summed E-state index contributed by atoms with van der Waals surface area (Å²) in [5, 5.41) is 19.5. The topological polar surface area (TPSA) is 86.7 Å². The molecule has 31 heavy (non-hydrogen) atoms. The summed E-state index contributed by atoms with van der Waals surface area (Å²) >= 11 is 1.68. The Kier molecular flexibility index (Phi) is 4.34. The molecule has 0 radical (unpaired) electrons. The third kappa shape index (κ3) is 3.40. The number of ether oxygens (including phenoxy) is 2. The SMILES string of the molecule is O[C@@H](c1cn(-c2ccc(OCC3(F)COC3)cc2)nn1)c1c(C2CC2)sc2cncn12. The minimum atomic E-state index is -1.39. The van der Waals surface area contributed by atoms with Crippen molar-refractivity contribution in [3.63, 3.8) is 0 Å². The highest BCUT2D eigenvalue weighted by atomic mass is 32.1. The number of aliphatic hydroxyl groups is 1. The summed E-state index contributed by atoms with van der Waals surface area (Å²) < 4.78 is 28.0. The van der Waals surface area contributed by atoms with Crippen molar-refractivity contribution in [2.45, 2.75) is 30.5 Å². The van der Waals surface area contributed by atoms with Gasteiger partial charge >= 0.3 is 0 Å². The number of halogens is 1. The minimum Gasteiger partial charge on any atom is -0.490 e. The lowest BCUT2D eigenvalue weighted by Crippen LogP contribution is -2.50. The van der Waals surface area contributed by atoms with E-state index in [4.69, 9.17) is 9.47 Å². The Labute approximate surface area is 180 Å². The Hall–Kier alpha value is -2.82. The predicted molar refractivity (Wildman–Crippen MR) is 111 cm³/mol. The summed E-state index contributed by atoms with van der Waals surface area (Å²) in [5.41, 5.74) is 0.675. The maximum Gasteiger partial charge on any atom is 0.190 e. The minimum absolute atomic E-state index is 0.0291. The van der Waals surface area contributed by atoms with Gasteiger partial charge in [-0.25, -0.2) is 14.1 Å². The van der Waals surface area contributed by atoms with E-state index in [1.165, 1.54) is 4.88 Å². The molecule has 160 valence electrons. The second-order valence-electron chi connectivity index (χ2n) is 8.14. The van der Waals surface area contributed by atoms with E-state index in [0.29, 0.717) is 17.4 Å². The highest BCUT2D eigenvalue weighted by Gasteiger charge is 2.39. The van der Waals surface area contributed by atoms with Crippen LogP contribution in [-0.4, -0.2) is 55.0 Å². The molecule has 0 spiro atoms. The molecular weight excluding hydrogens is 421 g/mol. The largest absolute Gasteiger partial charge is 0.490 e. The zero-order chi connectivity index (χ0) is 21.0. The fourth-order valence-electron chi connectivity index (χ4n) is 3.71. The summed E-state index contributed by atoms with van der Waals surface area (Å²) in [6.07, 6.45) is 6.68. The number of thiazole rings is 1. The van der Waals surface area contributed by atoms with Gasteiger partial charge in [0.05, 0.1) is 37.0 Å². The van der Waals surface area contributed by atoms with Crippen molar-refractivity contribution in [2.75, 3.05) is 19.8 Å². The molecule has 6 rings (SSSR count). The second kappa shape index (κ2) is 7.11. The lowest BCUT2D eigenvalue weighted by Gasteiger charge is -2.33. The molecule has 0 bridgehead atoms. The molecule has 10 heteroatoms. The number of aliphatic hydroxyl groups excluding tert-OH is 1. The molecule has 2 fully saturated rings. The Morgan fingerprint density at radius 2 is 2.10 bits per heavy atom. The van der Waals surface area contributed by atoms with E-state index in [0.717, 1.165) is 29.1 Å². The molecule has 3 aromatic heterocycles. The van der Waals surface area contributed by atoms with Crippen LogP contribution in [0.25, 0.3) is 10.5 Å². The van der Waals surface area contributed by atoms with Crippen LogP contribution in [0.2, 0.25) is 0 Å². The molecule has 8 nitrogen and oxygen atoms in total.